The number of carbonyl (C=O) groups excluding carboxylic acids is 6. The number of fused-ring (bicyclic) bond motifs is 2. The van der Waals surface area contributed by atoms with Gasteiger partial charge in [0.05, 0.1) is 36.8 Å². The summed E-state index contributed by atoms with van der Waals surface area (Å²) in [4.78, 5) is 77.1. The van der Waals surface area contributed by atoms with E-state index in [0.717, 1.165) is 26.8 Å². The second kappa shape index (κ2) is 14.7. The molecule has 4 N–H and O–H groups in total. The van der Waals surface area contributed by atoms with Crippen molar-refractivity contribution in [2.45, 2.75) is 45.2 Å². The molecule has 2 unspecified atom stereocenters. The molecule has 2 aliphatic heterocycles. The molecule has 6 rings (SSSR count). The monoisotopic (exact) mass is 675 g/mol. The number of nitrogens with one attached hydrogen (secondary N) is 4. The molecule has 12 nitrogen and oxygen atoms in total. The molecule has 0 saturated carbocycles. The van der Waals surface area contributed by atoms with E-state index in [1.54, 1.807) is 30.3 Å². The van der Waals surface area contributed by atoms with Gasteiger partial charge in [-0.25, -0.2) is 0 Å². The van der Waals surface area contributed by atoms with Gasteiger partial charge in [0.1, 0.15) is 6.04 Å². The fourth-order valence-corrected chi connectivity index (χ4v) is 6.34. The molecule has 12 heteroatoms. The van der Waals surface area contributed by atoms with E-state index >= 15 is 0 Å². The third-order valence-electron chi connectivity index (χ3n) is 8.91. The lowest BCUT2D eigenvalue weighted by Crippen LogP contribution is -2.54. The van der Waals surface area contributed by atoms with Crippen LogP contribution in [0.3, 0.4) is 0 Å². The number of piperidine rings is 1. The lowest BCUT2D eigenvalue weighted by atomic mass is 9.99. The molecule has 0 bridgehead atoms. The third kappa shape index (κ3) is 7.10. The molecule has 4 aromatic carbocycles. The fraction of sp³-hybridized carbons (Fsp3) is 0.263. The molecule has 2 aliphatic rings. The van der Waals surface area contributed by atoms with E-state index in [1.807, 2.05) is 56.3 Å². The molecule has 1 fully saturated rings. The van der Waals surface area contributed by atoms with E-state index in [0.29, 0.717) is 16.9 Å². The number of carbonyl (C=O) groups is 6. The molecule has 2 atom stereocenters. The first kappa shape index (κ1) is 34.0. The quantitative estimate of drug-likeness (QED) is 0.126. The summed E-state index contributed by atoms with van der Waals surface area (Å²) in [7, 11) is 0. The predicted molar refractivity (Wildman–Crippen MR) is 187 cm³/mol. The largest absolute Gasteiger partial charge is 0.382 e. The summed E-state index contributed by atoms with van der Waals surface area (Å²) in [6, 6.07) is 22.8. The highest BCUT2D eigenvalue weighted by Gasteiger charge is 2.45. The minimum atomic E-state index is -1.05. The van der Waals surface area contributed by atoms with Crippen molar-refractivity contribution in [3.63, 3.8) is 0 Å². The first-order valence-corrected chi connectivity index (χ1v) is 16.5. The Kier molecular flexibility index (Phi) is 10.0. The number of benzene rings is 4. The van der Waals surface area contributed by atoms with E-state index in [1.165, 1.54) is 6.07 Å². The molecule has 1 saturated heterocycles. The van der Waals surface area contributed by atoms with Crippen molar-refractivity contribution in [3.05, 3.63) is 107 Å². The van der Waals surface area contributed by atoms with Crippen LogP contribution in [0.2, 0.25) is 0 Å². The third-order valence-corrected chi connectivity index (χ3v) is 8.91. The van der Waals surface area contributed by atoms with Crippen LogP contribution in [0.5, 0.6) is 0 Å². The zero-order chi connectivity index (χ0) is 35.4. The van der Waals surface area contributed by atoms with Crippen molar-refractivity contribution in [2.75, 3.05) is 30.4 Å². The Hall–Kier alpha value is -5.88. The van der Waals surface area contributed by atoms with Gasteiger partial charge in [-0.2, -0.15) is 0 Å². The van der Waals surface area contributed by atoms with E-state index in [9.17, 15) is 28.8 Å². The average molecular weight is 676 g/mol. The highest BCUT2D eigenvalue weighted by Crippen LogP contribution is 2.32. The summed E-state index contributed by atoms with van der Waals surface area (Å²) >= 11 is 0. The van der Waals surface area contributed by atoms with Crippen molar-refractivity contribution < 1.29 is 33.5 Å². The smallest absolute Gasteiger partial charge is 0.264 e. The molecule has 0 aliphatic carbocycles. The summed E-state index contributed by atoms with van der Waals surface area (Å²) in [6.45, 7) is 4.41. The van der Waals surface area contributed by atoms with Crippen LogP contribution < -0.4 is 21.3 Å². The van der Waals surface area contributed by atoms with E-state index in [2.05, 4.69) is 21.3 Å². The molecule has 0 radical (unpaired) electrons. The Morgan fingerprint density at radius 1 is 0.940 bits per heavy atom. The second-order valence-electron chi connectivity index (χ2n) is 12.3. The van der Waals surface area contributed by atoms with Crippen LogP contribution in [-0.4, -0.2) is 66.1 Å². The highest BCUT2D eigenvalue weighted by atomic mass is 16.5. The van der Waals surface area contributed by atoms with Gasteiger partial charge >= 0.3 is 0 Å². The SMILES string of the molecule is Cc1ccc(NC(=O)CCOCCNc2cccc3c2C(=O)N(C2CCC(=O)NC2=O)C3=O)cc1C(=O)NC(C)c1cccc2ccccc12. The molecular formula is C38H37N5O7. The van der Waals surface area contributed by atoms with Gasteiger partial charge in [-0.15, -0.1) is 0 Å². The number of hydrogen-bond acceptors (Lipinski definition) is 8. The Morgan fingerprint density at radius 3 is 2.54 bits per heavy atom. The van der Waals surface area contributed by atoms with Crippen LogP contribution in [-0.2, 0) is 19.1 Å². The lowest BCUT2D eigenvalue weighted by molar-refractivity contribution is -0.136. The number of rotatable bonds is 12. The van der Waals surface area contributed by atoms with Gasteiger partial charge in [0.25, 0.3) is 17.7 Å². The maximum absolute atomic E-state index is 13.3. The standard InChI is InChI=1S/C38H37N5O7/c1-22-13-14-25(21-29(22)35(46)40-23(2)26-10-5-8-24-7-3-4-9-27(24)26)41-33(45)17-19-50-20-18-39-30-12-6-11-28-34(30)38(49)43(37(28)48)31-15-16-32(44)42-36(31)47/h3-14,21,23,31,39H,15-20H2,1-2H3,(H,40,46)(H,41,45)(H,42,44,47). The Bertz CT molecular complexity index is 2020. The van der Waals surface area contributed by atoms with E-state index in [4.69, 9.17) is 4.74 Å². The van der Waals surface area contributed by atoms with Crippen molar-refractivity contribution in [1.82, 2.24) is 15.5 Å². The van der Waals surface area contributed by atoms with Gasteiger partial charge in [0, 0.05) is 29.9 Å². The maximum atomic E-state index is 13.3. The van der Waals surface area contributed by atoms with E-state index in [-0.39, 0.29) is 68.0 Å². The van der Waals surface area contributed by atoms with Crippen LogP contribution in [0.15, 0.2) is 78.9 Å². The number of aryl methyl sites for hydroxylation is 1. The second-order valence-corrected chi connectivity index (χ2v) is 12.3. The van der Waals surface area contributed by atoms with Crippen LogP contribution in [0.25, 0.3) is 10.8 Å². The van der Waals surface area contributed by atoms with Crippen molar-refractivity contribution >= 4 is 57.6 Å². The molecular weight excluding hydrogens is 638 g/mol. The number of amides is 6. The Balaban J connectivity index is 0.970. The van der Waals surface area contributed by atoms with Crippen molar-refractivity contribution in [1.29, 1.82) is 0 Å². The normalized spacial score (nSPS) is 16.2. The zero-order valence-corrected chi connectivity index (χ0v) is 27.7. The van der Waals surface area contributed by atoms with Crippen LogP contribution in [0.4, 0.5) is 11.4 Å². The molecule has 256 valence electrons. The van der Waals surface area contributed by atoms with Gasteiger partial charge in [-0.1, -0.05) is 54.6 Å². The number of ether oxygens (including phenoxy) is 1. The van der Waals surface area contributed by atoms with Gasteiger partial charge < -0.3 is 20.7 Å². The summed E-state index contributed by atoms with van der Waals surface area (Å²) in [6.07, 6.45) is 0.189. The number of hydrogen-bond donors (Lipinski definition) is 4. The number of anilines is 2. The first-order valence-electron chi connectivity index (χ1n) is 16.5. The topological polar surface area (TPSA) is 163 Å². The number of nitrogens with zero attached hydrogens (tertiary/aromatic N) is 1. The summed E-state index contributed by atoms with van der Waals surface area (Å²) in [5.41, 5.74) is 3.51. The van der Waals surface area contributed by atoms with Crippen molar-refractivity contribution in [2.24, 2.45) is 0 Å². The van der Waals surface area contributed by atoms with Crippen molar-refractivity contribution in [3.8, 4) is 0 Å². The molecule has 50 heavy (non-hydrogen) atoms. The summed E-state index contributed by atoms with van der Waals surface area (Å²) in [5.74, 6) is -2.81. The average Bonchev–Trinajstić information content (AvgIpc) is 3.36. The van der Waals surface area contributed by atoms with Gasteiger partial charge in [-0.3, -0.25) is 39.0 Å². The minimum absolute atomic E-state index is 0.0417. The van der Waals surface area contributed by atoms with Crippen LogP contribution in [0.1, 0.15) is 74.4 Å². The maximum Gasteiger partial charge on any atom is 0.264 e. The fourth-order valence-electron chi connectivity index (χ4n) is 6.34. The van der Waals surface area contributed by atoms with E-state index < -0.39 is 29.7 Å². The zero-order valence-electron chi connectivity index (χ0n) is 27.7. The highest BCUT2D eigenvalue weighted by molar-refractivity contribution is 6.25. The minimum Gasteiger partial charge on any atom is -0.382 e. The summed E-state index contributed by atoms with van der Waals surface area (Å²) in [5, 5.41) is 13.4. The van der Waals surface area contributed by atoms with Crippen LogP contribution >= 0.6 is 0 Å². The predicted octanol–water partition coefficient (Wildman–Crippen LogP) is 4.50. The van der Waals surface area contributed by atoms with Gasteiger partial charge in [0.2, 0.25) is 17.7 Å². The lowest BCUT2D eigenvalue weighted by Gasteiger charge is -2.27. The molecule has 0 spiro atoms. The van der Waals surface area contributed by atoms with Gasteiger partial charge in [0.15, 0.2) is 0 Å². The van der Waals surface area contributed by atoms with Crippen LogP contribution in [0, 0.1) is 6.92 Å². The number of imide groups is 2. The molecule has 0 aromatic heterocycles. The molecule has 6 amide bonds. The Morgan fingerprint density at radius 2 is 1.72 bits per heavy atom. The summed E-state index contributed by atoms with van der Waals surface area (Å²) < 4.78 is 5.63. The molecule has 2 heterocycles. The Labute approximate surface area is 288 Å². The first-order chi connectivity index (χ1) is 24.1. The van der Waals surface area contributed by atoms with Gasteiger partial charge in [-0.05, 0) is 66.4 Å². The molecule has 4 aromatic rings.